The molecular formula is C18H21N3O6S2. The summed E-state index contributed by atoms with van der Waals surface area (Å²) in [5, 5.41) is 0. The van der Waals surface area contributed by atoms with Crippen LogP contribution in [0.1, 0.15) is 18.9 Å². The summed E-state index contributed by atoms with van der Waals surface area (Å²) in [6, 6.07) is 3.43. The predicted octanol–water partition coefficient (Wildman–Crippen LogP) is 1.47. The largest absolute Gasteiger partial charge is 0.493 e. The van der Waals surface area contributed by atoms with Crippen molar-refractivity contribution in [2.45, 2.75) is 13.3 Å². The maximum Gasteiger partial charge on any atom is 0.266 e. The Kier molecular flexibility index (Phi) is 7.85. The van der Waals surface area contributed by atoms with Crippen LogP contribution < -0.4 is 25.1 Å². The molecule has 156 valence electrons. The molecule has 9 nitrogen and oxygen atoms in total. The van der Waals surface area contributed by atoms with E-state index in [9.17, 15) is 14.4 Å². The highest BCUT2D eigenvalue weighted by Gasteiger charge is 2.32. The number of hydrogen-bond donors (Lipinski definition) is 2. The van der Waals surface area contributed by atoms with Crippen LogP contribution >= 0.6 is 24.0 Å². The first-order valence-electron chi connectivity index (χ1n) is 8.41. The summed E-state index contributed by atoms with van der Waals surface area (Å²) < 4.78 is 16.3. The summed E-state index contributed by atoms with van der Waals surface area (Å²) in [6.45, 7) is 1.37. The van der Waals surface area contributed by atoms with Crippen molar-refractivity contribution < 1.29 is 28.6 Å². The van der Waals surface area contributed by atoms with Gasteiger partial charge in [0.2, 0.25) is 17.6 Å². The number of rotatable bonds is 7. The van der Waals surface area contributed by atoms with E-state index in [1.165, 1.54) is 33.2 Å². The van der Waals surface area contributed by atoms with Crippen LogP contribution in [-0.4, -0.2) is 54.8 Å². The molecule has 1 aliphatic heterocycles. The van der Waals surface area contributed by atoms with Crippen LogP contribution in [0, 0.1) is 0 Å². The number of nitrogens with zero attached hydrogens (tertiary/aromatic N) is 1. The smallest absolute Gasteiger partial charge is 0.266 e. The molecule has 1 aliphatic rings. The normalized spacial score (nSPS) is 14.8. The summed E-state index contributed by atoms with van der Waals surface area (Å²) in [5.41, 5.74) is 5.10. The van der Waals surface area contributed by atoms with Gasteiger partial charge in [0.15, 0.2) is 11.5 Å². The summed E-state index contributed by atoms with van der Waals surface area (Å²) in [4.78, 5) is 37.0. The van der Waals surface area contributed by atoms with Crippen LogP contribution in [0.5, 0.6) is 17.2 Å². The molecule has 0 radical (unpaired) electrons. The minimum atomic E-state index is -0.428. The van der Waals surface area contributed by atoms with Crippen molar-refractivity contribution in [2.24, 2.45) is 0 Å². The topological polar surface area (TPSA) is 106 Å². The first-order valence-corrected chi connectivity index (χ1v) is 9.64. The molecule has 1 fully saturated rings. The number of thioether (sulfide) groups is 1. The highest BCUT2D eigenvalue weighted by atomic mass is 32.2. The second kappa shape index (κ2) is 10.1. The Bertz CT molecular complexity index is 846. The lowest BCUT2D eigenvalue weighted by molar-refractivity contribution is -0.128. The van der Waals surface area contributed by atoms with Crippen LogP contribution in [0.4, 0.5) is 0 Å². The van der Waals surface area contributed by atoms with Gasteiger partial charge in [-0.25, -0.2) is 0 Å². The Balaban J connectivity index is 2.15. The third kappa shape index (κ3) is 5.61. The summed E-state index contributed by atoms with van der Waals surface area (Å²) in [6.07, 6.45) is 1.66. The van der Waals surface area contributed by atoms with Gasteiger partial charge in [0.05, 0.1) is 26.2 Å². The van der Waals surface area contributed by atoms with Crippen molar-refractivity contribution >= 4 is 52.1 Å². The molecule has 29 heavy (non-hydrogen) atoms. The number of hydrazine groups is 1. The van der Waals surface area contributed by atoms with E-state index in [2.05, 4.69) is 10.9 Å². The van der Waals surface area contributed by atoms with E-state index in [0.717, 1.165) is 11.8 Å². The Morgan fingerprint density at radius 1 is 1.14 bits per heavy atom. The van der Waals surface area contributed by atoms with E-state index in [4.69, 9.17) is 26.4 Å². The van der Waals surface area contributed by atoms with Gasteiger partial charge < -0.3 is 14.2 Å². The van der Waals surface area contributed by atoms with Crippen molar-refractivity contribution in [3.8, 4) is 17.2 Å². The highest BCUT2D eigenvalue weighted by Crippen LogP contribution is 2.40. The average Bonchev–Trinajstić information content (AvgIpc) is 2.96. The second-order valence-electron chi connectivity index (χ2n) is 5.77. The number of hydrogen-bond acceptors (Lipinski definition) is 8. The summed E-state index contributed by atoms with van der Waals surface area (Å²) in [5.74, 6) is 0.248. The fraction of sp³-hybridized carbons (Fsp3) is 0.333. The number of amides is 3. The van der Waals surface area contributed by atoms with Crippen molar-refractivity contribution in [1.29, 1.82) is 0 Å². The molecule has 1 heterocycles. The van der Waals surface area contributed by atoms with Gasteiger partial charge in [0, 0.05) is 19.9 Å². The van der Waals surface area contributed by atoms with E-state index in [-0.39, 0.29) is 18.9 Å². The zero-order valence-corrected chi connectivity index (χ0v) is 18.0. The fourth-order valence-electron chi connectivity index (χ4n) is 2.46. The zero-order chi connectivity index (χ0) is 21.6. The molecule has 0 unspecified atom stereocenters. The molecule has 0 aromatic heterocycles. The van der Waals surface area contributed by atoms with Gasteiger partial charge in [-0.05, 0) is 23.8 Å². The van der Waals surface area contributed by atoms with Crippen molar-refractivity contribution in [1.82, 2.24) is 15.8 Å². The number of thiocarbonyl (C=S) groups is 1. The lowest BCUT2D eigenvalue weighted by atomic mass is 10.1. The highest BCUT2D eigenvalue weighted by molar-refractivity contribution is 8.26. The minimum Gasteiger partial charge on any atom is -0.493 e. The molecule has 11 heteroatoms. The molecule has 2 N–H and O–H groups in total. The molecule has 1 aromatic carbocycles. The summed E-state index contributed by atoms with van der Waals surface area (Å²) in [7, 11) is 4.52. The lowest BCUT2D eigenvalue weighted by Gasteiger charge is -2.14. The Hall–Kier alpha value is -2.79. The standard InChI is InChI=1S/C18H21N3O6S2/c1-10(22)19-20-15(23)5-6-21-17(24)14(29-18(21)28)9-11-7-12(25-2)16(27-4)13(8-11)26-3/h7-9H,5-6H2,1-4H3,(H,19,22)(H,20,23). The molecule has 2 rings (SSSR count). The molecule has 3 amide bonds. The molecule has 0 atom stereocenters. The maximum atomic E-state index is 12.7. The quantitative estimate of drug-likeness (QED) is 0.374. The third-order valence-electron chi connectivity index (χ3n) is 3.80. The molecule has 1 saturated heterocycles. The van der Waals surface area contributed by atoms with Crippen LogP contribution in [0.25, 0.3) is 6.08 Å². The van der Waals surface area contributed by atoms with Gasteiger partial charge in [0.25, 0.3) is 5.91 Å². The number of ether oxygens (including phenoxy) is 3. The minimum absolute atomic E-state index is 0.00974. The van der Waals surface area contributed by atoms with E-state index >= 15 is 0 Å². The van der Waals surface area contributed by atoms with E-state index in [1.54, 1.807) is 18.2 Å². The second-order valence-corrected chi connectivity index (χ2v) is 7.45. The molecule has 0 spiro atoms. The molecule has 0 saturated carbocycles. The number of benzene rings is 1. The zero-order valence-electron chi connectivity index (χ0n) is 16.4. The van der Waals surface area contributed by atoms with Gasteiger partial charge in [0.1, 0.15) is 4.32 Å². The van der Waals surface area contributed by atoms with E-state index < -0.39 is 11.8 Å². The monoisotopic (exact) mass is 439 g/mol. The van der Waals surface area contributed by atoms with E-state index in [0.29, 0.717) is 32.0 Å². The first-order chi connectivity index (χ1) is 13.8. The molecule has 0 aliphatic carbocycles. The van der Waals surface area contributed by atoms with Crippen LogP contribution in [0.2, 0.25) is 0 Å². The predicted molar refractivity (Wildman–Crippen MR) is 113 cm³/mol. The number of nitrogens with one attached hydrogen (secondary N) is 2. The average molecular weight is 440 g/mol. The van der Waals surface area contributed by atoms with Gasteiger partial charge in [-0.2, -0.15) is 0 Å². The first kappa shape index (κ1) is 22.5. The summed E-state index contributed by atoms with van der Waals surface area (Å²) >= 11 is 6.40. The number of carbonyl (C=O) groups excluding carboxylic acids is 3. The van der Waals surface area contributed by atoms with Crippen molar-refractivity contribution in [2.75, 3.05) is 27.9 Å². The Morgan fingerprint density at radius 2 is 1.76 bits per heavy atom. The maximum absolute atomic E-state index is 12.7. The molecule has 1 aromatic rings. The van der Waals surface area contributed by atoms with E-state index in [1.807, 2.05) is 0 Å². The van der Waals surface area contributed by atoms with Crippen LogP contribution in [0.3, 0.4) is 0 Å². The number of methoxy groups -OCH3 is 3. The molecular weight excluding hydrogens is 418 g/mol. The van der Waals surface area contributed by atoms with Crippen molar-refractivity contribution in [3.05, 3.63) is 22.6 Å². The SMILES string of the molecule is COc1cc(C=C2SC(=S)N(CCC(=O)NNC(C)=O)C2=O)cc(OC)c1OC. The lowest BCUT2D eigenvalue weighted by Crippen LogP contribution is -2.42. The third-order valence-corrected chi connectivity index (χ3v) is 5.18. The Labute approximate surface area is 177 Å². The Morgan fingerprint density at radius 3 is 2.28 bits per heavy atom. The van der Waals surface area contributed by atoms with Gasteiger partial charge in [-0.1, -0.05) is 24.0 Å². The van der Waals surface area contributed by atoms with Crippen LogP contribution in [-0.2, 0) is 14.4 Å². The van der Waals surface area contributed by atoms with Gasteiger partial charge in [-0.15, -0.1) is 0 Å². The van der Waals surface area contributed by atoms with Crippen LogP contribution in [0.15, 0.2) is 17.0 Å². The number of carbonyl (C=O) groups is 3. The van der Waals surface area contributed by atoms with Crippen molar-refractivity contribution in [3.63, 3.8) is 0 Å². The van der Waals surface area contributed by atoms with Gasteiger partial charge in [-0.3, -0.25) is 30.1 Å². The fourth-order valence-corrected chi connectivity index (χ4v) is 3.77. The molecule has 0 bridgehead atoms. The van der Waals surface area contributed by atoms with Gasteiger partial charge >= 0.3 is 0 Å².